The molecular weight excluding hydrogens is 224 g/mol. The summed E-state index contributed by atoms with van der Waals surface area (Å²) >= 11 is 0. The van der Waals surface area contributed by atoms with Gasteiger partial charge < -0.3 is 10.3 Å². The van der Waals surface area contributed by atoms with Gasteiger partial charge in [0.25, 0.3) is 0 Å². The molecule has 0 radical (unpaired) electrons. The number of anilines is 1. The second-order valence-electron chi connectivity index (χ2n) is 5.15. The molecule has 0 saturated heterocycles. The minimum atomic E-state index is 0.497. The summed E-state index contributed by atoms with van der Waals surface area (Å²) in [6, 6.07) is 1.83. The molecule has 18 heavy (non-hydrogen) atoms. The maximum Gasteiger partial charge on any atom is 0.167 e. The second kappa shape index (κ2) is 9.98. The highest BCUT2D eigenvalue weighted by molar-refractivity contribution is 5.26. The van der Waals surface area contributed by atoms with E-state index in [-0.39, 0.29) is 0 Å². The van der Waals surface area contributed by atoms with Crippen molar-refractivity contribution >= 4 is 5.82 Å². The van der Waals surface area contributed by atoms with Gasteiger partial charge in [-0.25, -0.2) is 0 Å². The number of nitrogens with two attached hydrogens (primary N) is 1. The first-order valence-electron chi connectivity index (χ1n) is 7.54. The molecular formula is C15H28N2O. The van der Waals surface area contributed by atoms with Crippen LogP contribution in [0.1, 0.15) is 76.9 Å². The molecule has 0 bridgehead atoms. The molecule has 0 amide bonds. The van der Waals surface area contributed by atoms with Crippen molar-refractivity contribution < 1.29 is 4.52 Å². The van der Waals surface area contributed by atoms with Crippen LogP contribution < -0.4 is 5.73 Å². The van der Waals surface area contributed by atoms with Crippen LogP contribution in [0.15, 0.2) is 10.6 Å². The summed E-state index contributed by atoms with van der Waals surface area (Å²) < 4.78 is 5.07. The smallest absolute Gasteiger partial charge is 0.167 e. The molecule has 1 aromatic rings. The fraction of sp³-hybridized carbons (Fsp3) is 0.800. The van der Waals surface area contributed by atoms with Crippen molar-refractivity contribution in [3.63, 3.8) is 0 Å². The van der Waals surface area contributed by atoms with E-state index < -0.39 is 0 Å². The Hall–Kier alpha value is -0.990. The molecule has 1 rings (SSSR count). The first-order chi connectivity index (χ1) is 8.83. The normalized spacial score (nSPS) is 10.9. The van der Waals surface area contributed by atoms with Crippen LogP contribution in [0, 0.1) is 0 Å². The third-order valence-electron chi connectivity index (χ3n) is 3.35. The van der Waals surface area contributed by atoms with Gasteiger partial charge in [-0.3, -0.25) is 0 Å². The molecule has 0 fully saturated rings. The Morgan fingerprint density at radius 1 is 0.944 bits per heavy atom. The van der Waals surface area contributed by atoms with Gasteiger partial charge in [-0.2, -0.15) is 0 Å². The Kier molecular flexibility index (Phi) is 8.36. The van der Waals surface area contributed by atoms with Crippen molar-refractivity contribution in [2.75, 3.05) is 5.73 Å². The van der Waals surface area contributed by atoms with Gasteiger partial charge in [0.2, 0.25) is 0 Å². The fourth-order valence-corrected chi connectivity index (χ4v) is 2.23. The van der Waals surface area contributed by atoms with Crippen LogP contribution in [0.3, 0.4) is 0 Å². The molecule has 0 aliphatic carbocycles. The van der Waals surface area contributed by atoms with Crippen LogP contribution in [-0.4, -0.2) is 5.16 Å². The number of aryl methyl sites for hydroxylation is 1. The van der Waals surface area contributed by atoms with Gasteiger partial charge in [-0.1, -0.05) is 69.9 Å². The highest BCUT2D eigenvalue weighted by Gasteiger charge is 2.00. The summed E-state index contributed by atoms with van der Waals surface area (Å²) in [5, 5.41) is 3.68. The quantitative estimate of drug-likeness (QED) is 0.580. The average molecular weight is 252 g/mol. The maximum absolute atomic E-state index is 5.49. The molecule has 0 spiro atoms. The lowest BCUT2D eigenvalue weighted by atomic mass is 10.1. The van der Waals surface area contributed by atoms with Crippen LogP contribution in [0.25, 0.3) is 0 Å². The van der Waals surface area contributed by atoms with Crippen molar-refractivity contribution in [3.05, 3.63) is 11.8 Å². The molecule has 0 aliphatic rings. The monoisotopic (exact) mass is 252 g/mol. The molecule has 1 heterocycles. The SMILES string of the molecule is CCCCCCCCCCCCc1cc(N)no1. The van der Waals surface area contributed by atoms with Gasteiger partial charge in [-0.15, -0.1) is 0 Å². The summed E-state index contributed by atoms with van der Waals surface area (Å²) in [6.07, 6.45) is 14.6. The molecule has 0 aliphatic heterocycles. The Labute approximate surface area is 111 Å². The minimum Gasteiger partial charge on any atom is -0.381 e. The number of hydrogen-bond donors (Lipinski definition) is 1. The highest BCUT2D eigenvalue weighted by atomic mass is 16.5. The number of aromatic nitrogens is 1. The first-order valence-corrected chi connectivity index (χ1v) is 7.54. The van der Waals surface area contributed by atoms with E-state index in [4.69, 9.17) is 10.3 Å². The van der Waals surface area contributed by atoms with Gasteiger partial charge in [-0.05, 0) is 6.42 Å². The largest absolute Gasteiger partial charge is 0.381 e. The van der Waals surface area contributed by atoms with Crippen LogP contribution in [0.4, 0.5) is 5.82 Å². The molecule has 2 N–H and O–H groups in total. The number of rotatable bonds is 11. The zero-order valence-electron chi connectivity index (χ0n) is 11.8. The number of hydrogen-bond acceptors (Lipinski definition) is 3. The fourth-order valence-electron chi connectivity index (χ4n) is 2.23. The van der Waals surface area contributed by atoms with E-state index >= 15 is 0 Å². The van der Waals surface area contributed by atoms with Gasteiger partial charge in [0.05, 0.1) is 0 Å². The zero-order valence-corrected chi connectivity index (χ0v) is 11.8. The van der Waals surface area contributed by atoms with Crippen molar-refractivity contribution in [3.8, 4) is 0 Å². The average Bonchev–Trinajstić information content (AvgIpc) is 2.77. The molecule has 104 valence electrons. The minimum absolute atomic E-state index is 0.497. The van der Waals surface area contributed by atoms with Crippen LogP contribution in [-0.2, 0) is 6.42 Å². The lowest BCUT2D eigenvalue weighted by Crippen LogP contribution is -1.85. The Bertz CT molecular complexity index is 296. The van der Waals surface area contributed by atoms with E-state index in [1.165, 1.54) is 64.2 Å². The van der Waals surface area contributed by atoms with Gasteiger partial charge in [0.15, 0.2) is 5.82 Å². The van der Waals surface area contributed by atoms with E-state index in [0.29, 0.717) is 5.82 Å². The van der Waals surface area contributed by atoms with Crippen molar-refractivity contribution in [1.29, 1.82) is 0 Å². The van der Waals surface area contributed by atoms with Crippen LogP contribution in [0.2, 0.25) is 0 Å². The predicted octanol–water partition coefficient (Wildman–Crippen LogP) is 4.72. The molecule has 3 nitrogen and oxygen atoms in total. The van der Waals surface area contributed by atoms with Gasteiger partial charge >= 0.3 is 0 Å². The summed E-state index contributed by atoms with van der Waals surface area (Å²) in [5.41, 5.74) is 5.49. The topological polar surface area (TPSA) is 52.0 Å². The Morgan fingerprint density at radius 3 is 2.00 bits per heavy atom. The third-order valence-corrected chi connectivity index (χ3v) is 3.35. The standard InChI is InChI=1S/C15H28N2O/c1-2-3-4-5-6-7-8-9-10-11-12-14-13-15(16)17-18-14/h13H,2-12H2,1H3,(H2,16,17). The molecule has 0 saturated carbocycles. The van der Waals surface area contributed by atoms with Crippen molar-refractivity contribution in [2.24, 2.45) is 0 Å². The predicted molar refractivity (Wildman–Crippen MR) is 76.5 cm³/mol. The zero-order chi connectivity index (χ0) is 13.1. The Morgan fingerprint density at radius 2 is 1.50 bits per heavy atom. The van der Waals surface area contributed by atoms with Gasteiger partial charge in [0.1, 0.15) is 5.76 Å². The van der Waals surface area contributed by atoms with E-state index in [2.05, 4.69) is 12.1 Å². The first kappa shape index (κ1) is 15.1. The lowest BCUT2D eigenvalue weighted by Gasteiger charge is -2.01. The van der Waals surface area contributed by atoms with Crippen LogP contribution >= 0.6 is 0 Å². The highest BCUT2D eigenvalue weighted by Crippen LogP contribution is 2.13. The van der Waals surface area contributed by atoms with E-state index in [0.717, 1.165) is 12.2 Å². The number of nitrogen functional groups attached to an aromatic ring is 1. The lowest BCUT2D eigenvalue weighted by molar-refractivity contribution is 0.381. The molecule has 3 heteroatoms. The second-order valence-corrected chi connectivity index (χ2v) is 5.15. The molecule has 0 unspecified atom stereocenters. The summed E-state index contributed by atoms with van der Waals surface area (Å²) in [7, 11) is 0. The number of unbranched alkanes of at least 4 members (excludes halogenated alkanes) is 9. The summed E-state index contributed by atoms with van der Waals surface area (Å²) in [4.78, 5) is 0. The molecule has 0 atom stereocenters. The number of nitrogens with zero attached hydrogens (tertiary/aromatic N) is 1. The molecule has 0 aromatic carbocycles. The Balaban J connectivity index is 1.81. The summed E-state index contributed by atoms with van der Waals surface area (Å²) in [6.45, 7) is 2.27. The van der Waals surface area contributed by atoms with Crippen LogP contribution in [0.5, 0.6) is 0 Å². The van der Waals surface area contributed by atoms with E-state index in [1.807, 2.05) is 6.07 Å². The molecule has 1 aromatic heterocycles. The maximum atomic E-state index is 5.49. The van der Waals surface area contributed by atoms with E-state index in [1.54, 1.807) is 0 Å². The van der Waals surface area contributed by atoms with E-state index in [9.17, 15) is 0 Å². The summed E-state index contributed by atoms with van der Waals surface area (Å²) in [5.74, 6) is 1.42. The van der Waals surface area contributed by atoms with Crippen molar-refractivity contribution in [2.45, 2.75) is 77.6 Å². The van der Waals surface area contributed by atoms with Gasteiger partial charge in [0, 0.05) is 12.5 Å². The third kappa shape index (κ3) is 7.36. The van der Waals surface area contributed by atoms with Crippen molar-refractivity contribution in [1.82, 2.24) is 5.16 Å².